The summed E-state index contributed by atoms with van der Waals surface area (Å²) in [4.78, 5) is 8.60. The fraction of sp³-hybridized carbons (Fsp3) is 0.200. The Bertz CT molecular complexity index is 683. The maximum absolute atomic E-state index is 6.16. The van der Waals surface area contributed by atoms with Crippen LogP contribution in [0.5, 0.6) is 0 Å². The standard InChI is InChI=1S/C15H11Cl2IN2O/c1-8-14(9-2-4-10(18)5-3-9)20-15(21-8)13-11(16)6-19-7-12(13)17/h2-8,14H,1H3/t8-,14+/m0/s1. The highest BCUT2D eigenvalue weighted by Gasteiger charge is 2.31. The van der Waals surface area contributed by atoms with Crippen LogP contribution in [-0.4, -0.2) is 17.0 Å². The lowest BCUT2D eigenvalue weighted by Crippen LogP contribution is -2.13. The molecule has 0 spiro atoms. The van der Waals surface area contributed by atoms with Crippen molar-refractivity contribution in [1.82, 2.24) is 4.98 Å². The first kappa shape index (κ1) is 15.1. The SMILES string of the molecule is C[C@@H]1OC(c2c(Cl)cncc2Cl)=N[C@H]1c1ccc(I)cc1. The largest absolute Gasteiger partial charge is 0.472 e. The van der Waals surface area contributed by atoms with Gasteiger partial charge in [-0.2, -0.15) is 0 Å². The lowest BCUT2D eigenvalue weighted by molar-refractivity contribution is 0.214. The third kappa shape index (κ3) is 3.03. The van der Waals surface area contributed by atoms with E-state index in [-0.39, 0.29) is 12.1 Å². The van der Waals surface area contributed by atoms with Crippen LogP contribution in [0.3, 0.4) is 0 Å². The maximum atomic E-state index is 6.16. The molecule has 0 saturated heterocycles. The van der Waals surface area contributed by atoms with E-state index in [9.17, 15) is 0 Å². The second kappa shape index (κ2) is 6.10. The molecule has 1 aliphatic rings. The van der Waals surface area contributed by atoms with Crippen LogP contribution in [0.2, 0.25) is 10.0 Å². The van der Waals surface area contributed by atoms with Crippen LogP contribution < -0.4 is 0 Å². The molecule has 2 atom stereocenters. The molecular formula is C15H11Cl2IN2O. The molecule has 0 bridgehead atoms. The van der Waals surface area contributed by atoms with E-state index in [2.05, 4.69) is 56.8 Å². The topological polar surface area (TPSA) is 34.5 Å². The second-order valence-corrected chi connectivity index (χ2v) is 6.79. The molecule has 2 aromatic rings. The molecule has 0 fully saturated rings. The minimum Gasteiger partial charge on any atom is -0.472 e. The Balaban J connectivity index is 1.99. The molecule has 0 aliphatic carbocycles. The third-order valence-electron chi connectivity index (χ3n) is 3.28. The third-order valence-corrected chi connectivity index (χ3v) is 4.57. The molecule has 21 heavy (non-hydrogen) atoms. The molecule has 108 valence electrons. The number of halogens is 3. The van der Waals surface area contributed by atoms with Crippen molar-refractivity contribution < 1.29 is 4.74 Å². The summed E-state index contributed by atoms with van der Waals surface area (Å²) in [6, 6.07) is 8.19. The highest BCUT2D eigenvalue weighted by Crippen LogP contribution is 2.34. The van der Waals surface area contributed by atoms with Crippen molar-refractivity contribution in [1.29, 1.82) is 0 Å². The van der Waals surface area contributed by atoms with Gasteiger partial charge in [-0.25, -0.2) is 4.99 Å². The Labute approximate surface area is 146 Å². The van der Waals surface area contributed by atoms with Gasteiger partial charge in [0.25, 0.3) is 0 Å². The summed E-state index contributed by atoms with van der Waals surface area (Å²) in [5.41, 5.74) is 1.72. The van der Waals surface area contributed by atoms with Gasteiger partial charge in [0, 0.05) is 16.0 Å². The van der Waals surface area contributed by atoms with Gasteiger partial charge in [-0.3, -0.25) is 4.98 Å². The van der Waals surface area contributed by atoms with Gasteiger partial charge in [0.05, 0.1) is 15.6 Å². The van der Waals surface area contributed by atoms with Gasteiger partial charge in [-0.05, 0) is 47.2 Å². The summed E-state index contributed by atoms with van der Waals surface area (Å²) in [5.74, 6) is 0.475. The van der Waals surface area contributed by atoms with Crippen LogP contribution in [0, 0.1) is 3.57 Å². The summed E-state index contributed by atoms with van der Waals surface area (Å²) in [5, 5.41) is 0.883. The average Bonchev–Trinajstić information content (AvgIpc) is 2.81. The van der Waals surface area contributed by atoms with Crippen molar-refractivity contribution in [2.24, 2.45) is 4.99 Å². The number of hydrogen-bond donors (Lipinski definition) is 0. The highest BCUT2D eigenvalue weighted by atomic mass is 127. The fourth-order valence-electron chi connectivity index (χ4n) is 2.25. The summed E-state index contributed by atoms with van der Waals surface area (Å²) in [6.45, 7) is 1.99. The number of ether oxygens (including phenoxy) is 1. The molecule has 6 heteroatoms. The van der Waals surface area contributed by atoms with E-state index in [1.54, 1.807) is 0 Å². The quantitative estimate of drug-likeness (QED) is 0.632. The van der Waals surface area contributed by atoms with Crippen molar-refractivity contribution >= 4 is 51.7 Å². The Morgan fingerprint density at radius 2 is 1.71 bits per heavy atom. The second-order valence-electron chi connectivity index (χ2n) is 4.73. The zero-order valence-corrected chi connectivity index (χ0v) is 14.7. The summed E-state index contributed by atoms with van der Waals surface area (Å²) in [6.07, 6.45) is 3.01. The van der Waals surface area contributed by atoms with Gasteiger partial charge >= 0.3 is 0 Å². The number of rotatable bonds is 2. The predicted molar refractivity (Wildman–Crippen MR) is 93.2 cm³/mol. The van der Waals surface area contributed by atoms with E-state index in [1.165, 1.54) is 16.0 Å². The van der Waals surface area contributed by atoms with Gasteiger partial charge < -0.3 is 4.74 Å². The van der Waals surface area contributed by atoms with Crippen molar-refractivity contribution in [3.8, 4) is 0 Å². The Hall–Kier alpha value is -0.850. The number of aromatic nitrogens is 1. The van der Waals surface area contributed by atoms with Crippen molar-refractivity contribution in [3.63, 3.8) is 0 Å². The van der Waals surface area contributed by atoms with E-state index in [0.29, 0.717) is 21.5 Å². The molecule has 0 unspecified atom stereocenters. The minimum absolute atomic E-state index is 0.0581. The first-order chi connectivity index (χ1) is 10.1. The molecular weight excluding hydrogens is 422 g/mol. The fourth-order valence-corrected chi connectivity index (χ4v) is 3.13. The molecule has 1 aliphatic heterocycles. The van der Waals surface area contributed by atoms with Gasteiger partial charge in [-0.15, -0.1) is 0 Å². The van der Waals surface area contributed by atoms with Crippen LogP contribution in [-0.2, 0) is 4.74 Å². The lowest BCUT2D eigenvalue weighted by Gasteiger charge is -2.13. The van der Waals surface area contributed by atoms with Gasteiger partial charge in [0.2, 0.25) is 5.90 Å². The number of hydrogen-bond acceptors (Lipinski definition) is 3. The smallest absolute Gasteiger partial charge is 0.220 e. The number of nitrogens with zero attached hydrogens (tertiary/aromatic N) is 2. The molecule has 2 heterocycles. The molecule has 1 aromatic carbocycles. The van der Waals surface area contributed by atoms with Gasteiger partial charge in [0.15, 0.2) is 0 Å². The number of benzene rings is 1. The van der Waals surface area contributed by atoms with Crippen LogP contribution in [0.15, 0.2) is 41.7 Å². The Morgan fingerprint density at radius 3 is 2.33 bits per heavy atom. The van der Waals surface area contributed by atoms with Crippen LogP contribution >= 0.6 is 45.8 Å². The highest BCUT2D eigenvalue weighted by molar-refractivity contribution is 14.1. The van der Waals surface area contributed by atoms with Crippen LogP contribution in [0.25, 0.3) is 0 Å². The zero-order chi connectivity index (χ0) is 15.0. The van der Waals surface area contributed by atoms with Crippen LogP contribution in [0.4, 0.5) is 0 Å². The number of aliphatic imine (C=N–C) groups is 1. The zero-order valence-electron chi connectivity index (χ0n) is 11.1. The normalized spacial score (nSPS) is 21.0. The Kier molecular flexibility index (Phi) is 4.38. The monoisotopic (exact) mass is 432 g/mol. The van der Waals surface area contributed by atoms with E-state index < -0.39 is 0 Å². The first-order valence-corrected chi connectivity index (χ1v) is 8.19. The Morgan fingerprint density at radius 1 is 1.10 bits per heavy atom. The molecule has 3 rings (SSSR count). The van der Waals surface area contributed by atoms with E-state index in [4.69, 9.17) is 27.9 Å². The van der Waals surface area contributed by atoms with E-state index in [1.807, 2.05) is 6.92 Å². The van der Waals surface area contributed by atoms with E-state index in [0.717, 1.165) is 5.56 Å². The summed E-state index contributed by atoms with van der Waals surface area (Å²) in [7, 11) is 0. The van der Waals surface area contributed by atoms with Crippen molar-refractivity contribution in [2.75, 3.05) is 0 Å². The summed E-state index contributed by atoms with van der Waals surface area (Å²) >= 11 is 14.6. The van der Waals surface area contributed by atoms with E-state index >= 15 is 0 Å². The summed E-state index contributed by atoms with van der Waals surface area (Å²) < 4.78 is 7.05. The predicted octanol–water partition coefficient (Wildman–Crippen LogP) is 4.90. The van der Waals surface area contributed by atoms with Gasteiger partial charge in [-0.1, -0.05) is 35.3 Å². The molecule has 0 N–H and O–H groups in total. The minimum atomic E-state index is -0.0691. The van der Waals surface area contributed by atoms with Gasteiger partial charge in [0.1, 0.15) is 12.1 Å². The molecule has 0 amide bonds. The van der Waals surface area contributed by atoms with Crippen molar-refractivity contribution in [3.05, 3.63) is 61.4 Å². The maximum Gasteiger partial charge on any atom is 0.220 e. The van der Waals surface area contributed by atoms with Crippen molar-refractivity contribution in [2.45, 2.75) is 19.1 Å². The van der Waals surface area contributed by atoms with Crippen LogP contribution in [0.1, 0.15) is 24.1 Å². The lowest BCUT2D eigenvalue weighted by atomic mass is 10.0. The molecule has 1 aromatic heterocycles. The molecule has 0 radical (unpaired) electrons. The first-order valence-electron chi connectivity index (χ1n) is 6.35. The molecule has 3 nitrogen and oxygen atoms in total. The average molecular weight is 433 g/mol. The molecule has 0 saturated carbocycles. The number of pyridine rings is 1.